The first-order chi connectivity index (χ1) is 9.56. The highest BCUT2D eigenvalue weighted by molar-refractivity contribution is 5.95. The van der Waals surface area contributed by atoms with Gasteiger partial charge in [0.05, 0.1) is 24.9 Å². The lowest BCUT2D eigenvalue weighted by atomic mass is 10.3. The van der Waals surface area contributed by atoms with Gasteiger partial charge >= 0.3 is 5.97 Å². The number of nitrogens with one attached hydrogen (secondary N) is 1. The van der Waals surface area contributed by atoms with Crippen molar-refractivity contribution in [1.29, 1.82) is 0 Å². The third kappa shape index (κ3) is 3.82. The first kappa shape index (κ1) is 14.5. The molecule has 2 atom stereocenters. The lowest BCUT2D eigenvalue weighted by Gasteiger charge is -2.16. The van der Waals surface area contributed by atoms with Crippen LogP contribution in [0.3, 0.4) is 0 Å². The van der Waals surface area contributed by atoms with Crippen molar-refractivity contribution in [2.45, 2.75) is 25.5 Å². The molecule has 7 heteroatoms. The molecule has 1 aromatic rings. The van der Waals surface area contributed by atoms with Crippen molar-refractivity contribution in [3.05, 3.63) is 23.7 Å². The number of carbonyl (C=O) groups is 2. The molecule has 0 spiro atoms. The van der Waals surface area contributed by atoms with Crippen LogP contribution in [-0.2, 0) is 9.47 Å². The first-order valence-electron chi connectivity index (χ1n) is 6.38. The average Bonchev–Trinajstić information content (AvgIpc) is 3.07. The van der Waals surface area contributed by atoms with Gasteiger partial charge in [0.2, 0.25) is 0 Å². The monoisotopic (exact) mass is 283 g/mol. The second-order valence-corrected chi connectivity index (χ2v) is 4.70. The molecule has 0 radical (unpaired) electrons. The molecule has 2 unspecified atom stereocenters. The van der Waals surface area contributed by atoms with E-state index in [1.807, 2.05) is 0 Å². The summed E-state index contributed by atoms with van der Waals surface area (Å²) in [5.41, 5.74) is -0.0536. The van der Waals surface area contributed by atoms with Crippen LogP contribution in [0.5, 0.6) is 0 Å². The van der Waals surface area contributed by atoms with Gasteiger partial charge in [-0.1, -0.05) is 0 Å². The molecule has 0 saturated carbocycles. The fraction of sp³-hybridized carbons (Fsp3) is 0.538. The minimum Gasteiger partial charge on any atom is -0.478 e. The number of carboxylic acids is 1. The van der Waals surface area contributed by atoms with E-state index in [0.717, 1.165) is 12.7 Å². The maximum atomic E-state index is 11.8. The molecule has 20 heavy (non-hydrogen) atoms. The Morgan fingerprint density at radius 1 is 1.60 bits per heavy atom. The van der Waals surface area contributed by atoms with Gasteiger partial charge in [-0.25, -0.2) is 4.79 Å². The Morgan fingerprint density at radius 2 is 2.40 bits per heavy atom. The van der Waals surface area contributed by atoms with E-state index in [-0.39, 0.29) is 23.5 Å². The molecule has 7 nitrogen and oxygen atoms in total. The Bertz CT molecular complexity index is 477. The van der Waals surface area contributed by atoms with E-state index in [9.17, 15) is 9.59 Å². The van der Waals surface area contributed by atoms with Crippen molar-refractivity contribution in [3.63, 3.8) is 0 Å². The molecule has 0 aliphatic carbocycles. The zero-order valence-electron chi connectivity index (χ0n) is 11.1. The van der Waals surface area contributed by atoms with E-state index in [4.69, 9.17) is 19.0 Å². The van der Waals surface area contributed by atoms with Crippen molar-refractivity contribution in [2.24, 2.45) is 0 Å². The van der Waals surface area contributed by atoms with E-state index in [2.05, 4.69) is 5.32 Å². The van der Waals surface area contributed by atoms with Crippen LogP contribution in [0.4, 0.5) is 0 Å². The van der Waals surface area contributed by atoms with Crippen LogP contribution in [0.15, 0.2) is 16.7 Å². The normalized spacial score (nSPS) is 19.8. The summed E-state index contributed by atoms with van der Waals surface area (Å²) < 4.78 is 15.7. The number of aromatic carboxylic acids is 1. The second kappa shape index (κ2) is 6.53. The van der Waals surface area contributed by atoms with E-state index in [1.165, 1.54) is 6.07 Å². The molecule has 110 valence electrons. The summed E-state index contributed by atoms with van der Waals surface area (Å²) in [5, 5.41) is 11.4. The Morgan fingerprint density at radius 3 is 3.00 bits per heavy atom. The summed E-state index contributed by atoms with van der Waals surface area (Å²) in [7, 11) is 0. The summed E-state index contributed by atoms with van der Waals surface area (Å²) in [6.45, 7) is 3.46. The van der Waals surface area contributed by atoms with E-state index < -0.39 is 11.9 Å². The maximum absolute atomic E-state index is 11.8. The smallest absolute Gasteiger partial charge is 0.338 e. The average molecular weight is 283 g/mol. The molecule has 1 fully saturated rings. The van der Waals surface area contributed by atoms with Gasteiger partial charge in [0, 0.05) is 18.7 Å². The van der Waals surface area contributed by atoms with Gasteiger partial charge in [0.1, 0.15) is 6.26 Å². The molecule has 2 rings (SSSR count). The van der Waals surface area contributed by atoms with Crippen LogP contribution >= 0.6 is 0 Å². The quantitative estimate of drug-likeness (QED) is 0.805. The Balaban J connectivity index is 1.78. The number of rotatable bonds is 6. The number of carbonyl (C=O) groups excluding carboxylic acids is 1. The Labute approximate surface area is 115 Å². The van der Waals surface area contributed by atoms with Crippen molar-refractivity contribution in [1.82, 2.24) is 5.32 Å². The van der Waals surface area contributed by atoms with E-state index in [1.54, 1.807) is 6.92 Å². The summed E-state index contributed by atoms with van der Waals surface area (Å²) in [6, 6.07) is 0.984. The summed E-state index contributed by atoms with van der Waals surface area (Å²) in [4.78, 5) is 22.5. The van der Waals surface area contributed by atoms with Gasteiger partial charge in [-0.3, -0.25) is 4.79 Å². The third-order valence-electron chi connectivity index (χ3n) is 2.92. The number of ether oxygens (including phenoxy) is 2. The lowest BCUT2D eigenvalue weighted by molar-refractivity contribution is 0.0316. The Hall–Kier alpha value is -1.86. The molecule has 0 aromatic carbocycles. The van der Waals surface area contributed by atoms with Crippen LogP contribution in [0.1, 0.15) is 34.3 Å². The molecule has 1 saturated heterocycles. The molecule has 1 aliphatic rings. The summed E-state index contributed by atoms with van der Waals surface area (Å²) in [5.74, 6) is -1.62. The molecule has 0 bridgehead atoms. The number of hydrogen-bond donors (Lipinski definition) is 2. The molecule has 1 aromatic heterocycles. The second-order valence-electron chi connectivity index (χ2n) is 4.70. The highest BCUT2D eigenvalue weighted by atomic mass is 16.5. The molecular weight excluding hydrogens is 266 g/mol. The van der Waals surface area contributed by atoms with Gasteiger partial charge in [0.25, 0.3) is 5.91 Å². The van der Waals surface area contributed by atoms with E-state index in [0.29, 0.717) is 19.8 Å². The van der Waals surface area contributed by atoms with Crippen molar-refractivity contribution < 1.29 is 28.6 Å². The summed E-state index contributed by atoms with van der Waals surface area (Å²) in [6.07, 6.45) is 1.98. The van der Waals surface area contributed by atoms with E-state index >= 15 is 0 Å². The van der Waals surface area contributed by atoms with Crippen molar-refractivity contribution >= 4 is 11.9 Å². The van der Waals surface area contributed by atoms with Crippen LogP contribution in [-0.4, -0.2) is 48.9 Å². The molecule has 2 N–H and O–H groups in total. The largest absolute Gasteiger partial charge is 0.478 e. The van der Waals surface area contributed by atoms with Gasteiger partial charge in [-0.2, -0.15) is 0 Å². The molecule has 1 aliphatic heterocycles. The van der Waals surface area contributed by atoms with Gasteiger partial charge in [-0.15, -0.1) is 0 Å². The highest BCUT2D eigenvalue weighted by Crippen LogP contribution is 2.10. The fourth-order valence-electron chi connectivity index (χ4n) is 1.83. The third-order valence-corrected chi connectivity index (χ3v) is 2.92. The zero-order chi connectivity index (χ0) is 14.5. The first-order valence-corrected chi connectivity index (χ1v) is 6.38. The highest BCUT2D eigenvalue weighted by Gasteiger charge is 2.19. The SMILES string of the molecule is CC(COC1CCOC1)NC(=O)c1cc(C(=O)O)co1. The Kier molecular flexibility index (Phi) is 4.75. The van der Waals surface area contributed by atoms with Crippen LogP contribution in [0, 0.1) is 0 Å². The molecule has 1 amide bonds. The zero-order valence-corrected chi connectivity index (χ0v) is 11.1. The number of amides is 1. The van der Waals surface area contributed by atoms with Crippen molar-refractivity contribution in [2.75, 3.05) is 19.8 Å². The number of carboxylic acid groups (broad SMARTS) is 1. The van der Waals surface area contributed by atoms with Gasteiger partial charge in [-0.05, 0) is 13.3 Å². The molecule has 2 heterocycles. The minimum atomic E-state index is -1.13. The van der Waals surface area contributed by atoms with Crippen LogP contribution < -0.4 is 5.32 Å². The van der Waals surface area contributed by atoms with Gasteiger partial charge < -0.3 is 24.3 Å². The fourth-order valence-corrected chi connectivity index (χ4v) is 1.83. The summed E-state index contributed by atoms with van der Waals surface area (Å²) >= 11 is 0. The predicted octanol–water partition coefficient (Wildman–Crippen LogP) is 0.902. The lowest BCUT2D eigenvalue weighted by Crippen LogP contribution is -2.37. The van der Waals surface area contributed by atoms with Crippen LogP contribution in [0.25, 0.3) is 0 Å². The number of hydrogen-bond acceptors (Lipinski definition) is 5. The molecular formula is C13H17NO6. The van der Waals surface area contributed by atoms with Gasteiger partial charge in [0.15, 0.2) is 5.76 Å². The van der Waals surface area contributed by atoms with Crippen molar-refractivity contribution in [3.8, 4) is 0 Å². The maximum Gasteiger partial charge on any atom is 0.338 e. The predicted molar refractivity (Wildman–Crippen MR) is 67.8 cm³/mol. The standard InChI is InChI=1S/C13H17NO6/c1-8(5-19-10-2-3-18-7-10)14-12(15)11-4-9(6-20-11)13(16)17/h4,6,8,10H,2-3,5,7H2,1H3,(H,14,15)(H,16,17). The number of furan rings is 1. The topological polar surface area (TPSA) is 98.0 Å². The van der Waals surface area contributed by atoms with Crippen LogP contribution in [0.2, 0.25) is 0 Å². The minimum absolute atomic E-state index is 0.0292.